The number of hydrogen-bond donors (Lipinski definition) is 0. The molecule has 0 radical (unpaired) electrons. The molecular weight excluding hydrogens is 272 g/mol. The molecule has 0 bridgehead atoms. The predicted octanol–water partition coefficient (Wildman–Crippen LogP) is 3.57. The van der Waals surface area contributed by atoms with E-state index in [-0.39, 0.29) is 11.6 Å². The van der Waals surface area contributed by atoms with Crippen molar-refractivity contribution in [3.63, 3.8) is 0 Å². The Bertz CT molecular complexity index is 467. The number of hydrogen-bond acceptors (Lipinski definition) is 4. The summed E-state index contributed by atoms with van der Waals surface area (Å²) in [5.41, 5.74) is -0.514. The number of ether oxygens (including phenoxy) is 1. The fourth-order valence-electron chi connectivity index (χ4n) is 1.89. The van der Waals surface area contributed by atoms with Gasteiger partial charge in [0.05, 0.1) is 10.6 Å². The van der Waals surface area contributed by atoms with E-state index >= 15 is 0 Å². The maximum absolute atomic E-state index is 12.1. The van der Waals surface area contributed by atoms with Gasteiger partial charge in [0.1, 0.15) is 5.60 Å². The molecule has 5 heteroatoms. The summed E-state index contributed by atoms with van der Waals surface area (Å²) in [6.07, 6.45) is 3.61. The summed E-state index contributed by atoms with van der Waals surface area (Å²) in [6.45, 7) is 5.67. The van der Waals surface area contributed by atoms with E-state index in [0.717, 1.165) is 23.6 Å². The van der Waals surface area contributed by atoms with Gasteiger partial charge in [-0.05, 0) is 45.7 Å². The molecule has 2 rings (SSSR count). The van der Waals surface area contributed by atoms with Gasteiger partial charge in [-0.15, -0.1) is 11.8 Å². The van der Waals surface area contributed by atoms with Crippen LogP contribution in [0.2, 0.25) is 0 Å². The third kappa shape index (κ3) is 3.88. The highest BCUT2D eigenvalue weighted by Gasteiger charge is 2.49. The maximum Gasteiger partial charge on any atom is 0.410 e. The summed E-state index contributed by atoms with van der Waals surface area (Å²) < 4.78 is 5.44. The van der Waals surface area contributed by atoms with Gasteiger partial charge in [0.25, 0.3) is 0 Å². The molecule has 1 fully saturated rings. The lowest BCUT2D eigenvalue weighted by atomic mass is 10.2. The highest BCUT2D eigenvalue weighted by molar-refractivity contribution is 7.99. The van der Waals surface area contributed by atoms with Crippen molar-refractivity contribution in [1.29, 1.82) is 0 Å². The monoisotopic (exact) mass is 294 g/mol. The summed E-state index contributed by atoms with van der Waals surface area (Å²) in [5, 5.41) is 0.997. The van der Waals surface area contributed by atoms with E-state index in [1.54, 1.807) is 22.9 Å². The van der Waals surface area contributed by atoms with Crippen LogP contribution in [0.5, 0.6) is 0 Å². The first-order valence-electron chi connectivity index (χ1n) is 6.83. The molecule has 110 valence electrons. The van der Waals surface area contributed by atoms with E-state index in [1.807, 2.05) is 46.0 Å². The number of rotatable bonds is 4. The van der Waals surface area contributed by atoms with Crippen molar-refractivity contribution in [2.45, 2.75) is 49.8 Å². The van der Waals surface area contributed by atoms with E-state index in [0.29, 0.717) is 0 Å². The Kier molecular flexibility index (Phi) is 4.28. The van der Waals surface area contributed by atoms with Crippen LogP contribution in [0.25, 0.3) is 0 Å². The predicted molar refractivity (Wildman–Crippen MR) is 80.9 cm³/mol. The first kappa shape index (κ1) is 15.2. The average molecular weight is 294 g/mol. The summed E-state index contributed by atoms with van der Waals surface area (Å²) in [7, 11) is 1.83. The largest absolute Gasteiger partial charge is 0.444 e. The van der Waals surface area contributed by atoms with E-state index in [2.05, 4.69) is 4.98 Å². The Labute approximate surface area is 124 Å². The Morgan fingerprint density at radius 1 is 1.45 bits per heavy atom. The first-order chi connectivity index (χ1) is 9.32. The SMILES string of the molecule is CN(C(=O)OC(C)(C)C)C1(CSc2ccccn2)CC1. The zero-order chi connectivity index (χ0) is 14.8. The van der Waals surface area contributed by atoms with Crippen molar-refractivity contribution < 1.29 is 9.53 Å². The third-order valence-electron chi connectivity index (χ3n) is 3.33. The first-order valence-corrected chi connectivity index (χ1v) is 7.82. The van der Waals surface area contributed by atoms with Gasteiger partial charge in [-0.25, -0.2) is 9.78 Å². The molecule has 0 spiro atoms. The lowest BCUT2D eigenvalue weighted by Crippen LogP contribution is -2.43. The number of pyridine rings is 1. The van der Waals surface area contributed by atoms with Crippen molar-refractivity contribution in [2.75, 3.05) is 12.8 Å². The fraction of sp³-hybridized carbons (Fsp3) is 0.600. The van der Waals surface area contributed by atoms with Crippen molar-refractivity contribution in [3.05, 3.63) is 24.4 Å². The molecule has 0 aromatic carbocycles. The lowest BCUT2D eigenvalue weighted by Gasteiger charge is -2.30. The Balaban J connectivity index is 1.92. The quantitative estimate of drug-likeness (QED) is 0.796. The van der Waals surface area contributed by atoms with Gasteiger partial charge < -0.3 is 9.64 Å². The molecule has 1 heterocycles. The molecule has 4 nitrogen and oxygen atoms in total. The normalized spacial score (nSPS) is 16.6. The minimum Gasteiger partial charge on any atom is -0.444 e. The molecule has 1 aliphatic rings. The van der Waals surface area contributed by atoms with Gasteiger partial charge in [0.15, 0.2) is 0 Å². The molecule has 1 aliphatic carbocycles. The van der Waals surface area contributed by atoms with Gasteiger partial charge in [0.2, 0.25) is 0 Å². The van der Waals surface area contributed by atoms with E-state index in [9.17, 15) is 4.79 Å². The number of carbonyl (C=O) groups is 1. The van der Waals surface area contributed by atoms with Crippen molar-refractivity contribution in [1.82, 2.24) is 9.88 Å². The minimum atomic E-state index is -0.449. The zero-order valence-electron chi connectivity index (χ0n) is 12.5. The Morgan fingerprint density at radius 3 is 2.65 bits per heavy atom. The Hall–Kier alpha value is -1.23. The van der Waals surface area contributed by atoms with Crippen LogP contribution in [0.3, 0.4) is 0 Å². The topological polar surface area (TPSA) is 42.4 Å². The second-order valence-electron chi connectivity index (χ2n) is 6.22. The van der Waals surface area contributed by atoms with Crippen LogP contribution >= 0.6 is 11.8 Å². The number of amides is 1. The van der Waals surface area contributed by atoms with Gasteiger partial charge in [-0.2, -0.15) is 0 Å². The highest BCUT2D eigenvalue weighted by Crippen LogP contribution is 2.45. The fourth-order valence-corrected chi connectivity index (χ4v) is 3.09. The molecule has 1 aromatic heterocycles. The molecule has 0 N–H and O–H groups in total. The summed E-state index contributed by atoms with van der Waals surface area (Å²) in [6, 6.07) is 5.88. The van der Waals surface area contributed by atoms with Crippen LogP contribution in [0.1, 0.15) is 33.6 Å². The molecule has 1 aromatic rings. The standard InChI is InChI=1S/C15H22N2O2S/c1-14(2,3)19-13(18)17(4)15(8-9-15)11-20-12-7-5-6-10-16-12/h5-7,10H,8-9,11H2,1-4H3. The van der Waals surface area contributed by atoms with Crippen molar-refractivity contribution in [3.8, 4) is 0 Å². The third-order valence-corrected chi connectivity index (χ3v) is 4.55. The van der Waals surface area contributed by atoms with Crippen LogP contribution in [0.15, 0.2) is 29.4 Å². The number of carbonyl (C=O) groups excluding carboxylic acids is 1. The van der Waals surface area contributed by atoms with E-state index < -0.39 is 5.60 Å². The van der Waals surface area contributed by atoms with Crippen molar-refractivity contribution >= 4 is 17.9 Å². The lowest BCUT2D eigenvalue weighted by molar-refractivity contribution is 0.0216. The molecule has 1 saturated carbocycles. The number of nitrogens with zero attached hydrogens (tertiary/aromatic N) is 2. The summed E-state index contributed by atoms with van der Waals surface area (Å²) >= 11 is 1.69. The minimum absolute atomic E-state index is 0.0650. The van der Waals surface area contributed by atoms with Gasteiger partial charge in [0, 0.05) is 19.0 Å². The van der Waals surface area contributed by atoms with E-state index in [1.165, 1.54) is 0 Å². The summed E-state index contributed by atoms with van der Waals surface area (Å²) in [5.74, 6) is 0.861. The molecule has 0 aliphatic heterocycles. The molecule has 0 atom stereocenters. The summed E-state index contributed by atoms with van der Waals surface area (Å²) in [4.78, 5) is 18.2. The van der Waals surface area contributed by atoms with Crippen LogP contribution in [-0.2, 0) is 4.74 Å². The molecule has 0 saturated heterocycles. The van der Waals surface area contributed by atoms with Crippen LogP contribution in [0, 0.1) is 0 Å². The van der Waals surface area contributed by atoms with Crippen LogP contribution < -0.4 is 0 Å². The van der Waals surface area contributed by atoms with Crippen LogP contribution in [-0.4, -0.2) is 39.9 Å². The highest BCUT2D eigenvalue weighted by atomic mass is 32.2. The van der Waals surface area contributed by atoms with Crippen molar-refractivity contribution in [2.24, 2.45) is 0 Å². The Morgan fingerprint density at radius 2 is 2.15 bits per heavy atom. The average Bonchev–Trinajstić information content (AvgIpc) is 3.16. The van der Waals surface area contributed by atoms with Gasteiger partial charge >= 0.3 is 6.09 Å². The molecule has 0 unspecified atom stereocenters. The molecule has 20 heavy (non-hydrogen) atoms. The second-order valence-corrected chi connectivity index (χ2v) is 7.22. The van der Waals surface area contributed by atoms with Gasteiger partial charge in [-0.1, -0.05) is 6.07 Å². The molecular formula is C15H22N2O2S. The molecule has 1 amide bonds. The zero-order valence-corrected chi connectivity index (χ0v) is 13.4. The van der Waals surface area contributed by atoms with E-state index in [4.69, 9.17) is 4.74 Å². The number of thioether (sulfide) groups is 1. The number of aromatic nitrogens is 1. The van der Waals surface area contributed by atoms with Gasteiger partial charge in [-0.3, -0.25) is 0 Å². The van der Waals surface area contributed by atoms with Crippen LogP contribution in [0.4, 0.5) is 4.79 Å². The maximum atomic E-state index is 12.1. The second kappa shape index (κ2) is 5.64. The smallest absolute Gasteiger partial charge is 0.410 e.